The van der Waals surface area contributed by atoms with Gasteiger partial charge in [-0.2, -0.15) is 5.26 Å². The van der Waals surface area contributed by atoms with Gasteiger partial charge in [0.15, 0.2) is 0 Å². The van der Waals surface area contributed by atoms with Gasteiger partial charge in [-0.1, -0.05) is 0 Å². The molecule has 2 N–H and O–H groups in total. The molecule has 5 heteroatoms. The molecular formula is C16H17FN2O2. The van der Waals surface area contributed by atoms with Crippen LogP contribution in [0, 0.1) is 34.9 Å². The van der Waals surface area contributed by atoms with E-state index in [0.717, 1.165) is 19.3 Å². The molecule has 21 heavy (non-hydrogen) atoms. The fourth-order valence-electron chi connectivity index (χ4n) is 3.99. The molecule has 0 aliphatic heterocycles. The van der Waals surface area contributed by atoms with E-state index in [-0.39, 0.29) is 23.4 Å². The van der Waals surface area contributed by atoms with Crippen LogP contribution in [0.3, 0.4) is 0 Å². The standard InChI is InChI=1S/C16H17FN2O2/c17-13-4-9(7-18)3-10(5-13)8-19-15-12-2-1-11(6-12)14(15)16(20)21/h3-5,11-12,14-15,19H,1-2,6,8H2,(H,20,21). The SMILES string of the molecule is N#Cc1cc(F)cc(CNC2C3CCC(C3)C2C(=O)O)c1. The van der Waals surface area contributed by atoms with Crippen molar-refractivity contribution >= 4 is 5.97 Å². The number of aliphatic carboxylic acids is 1. The van der Waals surface area contributed by atoms with Crippen LogP contribution in [-0.4, -0.2) is 17.1 Å². The summed E-state index contributed by atoms with van der Waals surface area (Å²) in [6.45, 7) is 0.393. The molecule has 3 rings (SSSR count). The summed E-state index contributed by atoms with van der Waals surface area (Å²) in [5.41, 5.74) is 0.966. The normalized spacial score (nSPS) is 30.3. The Balaban J connectivity index is 1.71. The highest BCUT2D eigenvalue weighted by atomic mass is 19.1. The predicted octanol–water partition coefficient (Wildman–Crippen LogP) is 2.29. The van der Waals surface area contributed by atoms with Crippen LogP contribution >= 0.6 is 0 Å². The molecular weight excluding hydrogens is 271 g/mol. The van der Waals surface area contributed by atoms with Gasteiger partial charge in [0, 0.05) is 12.6 Å². The summed E-state index contributed by atoms with van der Waals surface area (Å²) in [5, 5.41) is 21.5. The Kier molecular flexibility index (Phi) is 3.64. The van der Waals surface area contributed by atoms with E-state index < -0.39 is 11.8 Å². The van der Waals surface area contributed by atoms with Gasteiger partial charge < -0.3 is 10.4 Å². The minimum Gasteiger partial charge on any atom is -0.481 e. The lowest BCUT2D eigenvalue weighted by molar-refractivity contribution is -0.144. The number of carboxylic acid groups (broad SMARTS) is 1. The van der Waals surface area contributed by atoms with Crippen molar-refractivity contribution in [3.8, 4) is 6.07 Å². The summed E-state index contributed by atoms with van der Waals surface area (Å²) in [6, 6.07) is 6.10. The van der Waals surface area contributed by atoms with E-state index in [1.54, 1.807) is 6.07 Å². The van der Waals surface area contributed by atoms with E-state index in [2.05, 4.69) is 5.32 Å². The molecule has 0 radical (unpaired) electrons. The van der Waals surface area contributed by atoms with Crippen LogP contribution in [0.1, 0.15) is 30.4 Å². The number of hydrogen-bond acceptors (Lipinski definition) is 3. The van der Waals surface area contributed by atoms with Gasteiger partial charge in [0.25, 0.3) is 0 Å². The molecule has 110 valence electrons. The van der Waals surface area contributed by atoms with Crippen molar-refractivity contribution < 1.29 is 14.3 Å². The second-order valence-electron chi connectivity index (χ2n) is 6.06. The number of rotatable bonds is 4. The van der Waals surface area contributed by atoms with Gasteiger partial charge in [-0.05, 0) is 54.9 Å². The number of benzene rings is 1. The number of fused-ring (bicyclic) bond motifs is 2. The minimum atomic E-state index is -0.739. The first-order valence-corrected chi connectivity index (χ1v) is 7.24. The Morgan fingerprint density at radius 1 is 1.38 bits per heavy atom. The lowest BCUT2D eigenvalue weighted by atomic mass is 9.84. The second kappa shape index (κ2) is 5.45. The summed E-state index contributed by atoms with van der Waals surface area (Å²) >= 11 is 0. The maximum absolute atomic E-state index is 13.4. The highest BCUT2D eigenvalue weighted by molar-refractivity contribution is 5.72. The fourth-order valence-corrected chi connectivity index (χ4v) is 3.99. The molecule has 1 aromatic rings. The summed E-state index contributed by atoms with van der Waals surface area (Å²) in [5.74, 6) is -0.842. The molecule has 2 aliphatic rings. The van der Waals surface area contributed by atoms with Gasteiger partial charge in [-0.3, -0.25) is 4.79 Å². The third kappa shape index (κ3) is 2.64. The summed E-state index contributed by atoms with van der Waals surface area (Å²) in [6.07, 6.45) is 3.04. The van der Waals surface area contributed by atoms with Gasteiger partial charge in [-0.15, -0.1) is 0 Å². The van der Waals surface area contributed by atoms with Crippen LogP contribution in [-0.2, 0) is 11.3 Å². The Morgan fingerprint density at radius 2 is 2.14 bits per heavy atom. The van der Waals surface area contributed by atoms with E-state index in [1.165, 1.54) is 12.1 Å². The smallest absolute Gasteiger partial charge is 0.308 e. The van der Waals surface area contributed by atoms with Crippen molar-refractivity contribution in [1.29, 1.82) is 5.26 Å². The maximum atomic E-state index is 13.4. The van der Waals surface area contributed by atoms with Crippen molar-refractivity contribution in [2.24, 2.45) is 17.8 Å². The molecule has 4 unspecified atom stereocenters. The molecule has 4 nitrogen and oxygen atoms in total. The number of carboxylic acids is 1. The third-order valence-electron chi connectivity index (χ3n) is 4.83. The Hall–Kier alpha value is -1.93. The number of hydrogen-bond donors (Lipinski definition) is 2. The van der Waals surface area contributed by atoms with E-state index in [0.29, 0.717) is 18.0 Å². The summed E-state index contributed by atoms with van der Waals surface area (Å²) < 4.78 is 13.4. The number of halogens is 1. The Morgan fingerprint density at radius 3 is 2.86 bits per heavy atom. The average molecular weight is 288 g/mol. The van der Waals surface area contributed by atoms with Crippen LogP contribution in [0.5, 0.6) is 0 Å². The highest BCUT2D eigenvalue weighted by Crippen LogP contribution is 2.48. The zero-order chi connectivity index (χ0) is 15.0. The lowest BCUT2D eigenvalue weighted by Crippen LogP contribution is -2.43. The van der Waals surface area contributed by atoms with Crippen LogP contribution in [0.15, 0.2) is 18.2 Å². The molecule has 2 fully saturated rings. The molecule has 2 saturated carbocycles. The van der Waals surface area contributed by atoms with Crippen LogP contribution < -0.4 is 5.32 Å². The van der Waals surface area contributed by atoms with Crippen molar-refractivity contribution in [3.63, 3.8) is 0 Å². The van der Waals surface area contributed by atoms with E-state index in [1.807, 2.05) is 6.07 Å². The Labute approximate surface area is 122 Å². The quantitative estimate of drug-likeness (QED) is 0.891. The summed E-state index contributed by atoms with van der Waals surface area (Å²) in [4.78, 5) is 11.4. The number of carbonyl (C=O) groups is 1. The molecule has 1 aromatic carbocycles. The van der Waals surface area contributed by atoms with Crippen LogP contribution in [0.2, 0.25) is 0 Å². The van der Waals surface area contributed by atoms with Gasteiger partial charge in [0.1, 0.15) is 5.82 Å². The molecule has 0 heterocycles. The monoisotopic (exact) mass is 288 g/mol. The number of nitrogens with zero attached hydrogens (tertiary/aromatic N) is 1. The molecule has 0 saturated heterocycles. The molecule has 0 amide bonds. The zero-order valence-corrected chi connectivity index (χ0v) is 11.6. The van der Waals surface area contributed by atoms with Crippen molar-refractivity contribution in [3.05, 3.63) is 35.1 Å². The van der Waals surface area contributed by atoms with Gasteiger partial charge in [-0.25, -0.2) is 4.39 Å². The van der Waals surface area contributed by atoms with Gasteiger partial charge in [0.05, 0.1) is 17.6 Å². The van der Waals surface area contributed by atoms with Crippen molar-refractivity contribution in [2.45, 2.75) is 31.8 Å². The number of nitriles is 1. The number of nitrogens with one attached hydrogen (secondary N) is 1. The van der Waals surface area contributed by atoms with Crippen molar-refractivity contribution in [1.82, 2.24) is 5.32 Å². The van der Waals surface area contributed by atoms with Crippen molar-refractivity contribution in [2.75, 3.05) is 0 Å². The largest absolute Gasteiger partial charge is 0.481 e. The second-order valence-corrected chi connectivity index (χ2v) is 6.06. The summed E-state index contributed by atoms with van der Waals surface area (Å²) in [7, 11) is 0. The zero-order valence-electron chi connectivity index (χ0n) is 11.6. The van der Waals surface area contributed by atoms with E-state index in [9.17, 15) is 14.3 Å². The molecule has 4 atom stereocenters. The average Bonchev–Trinajstić information content (AvgIpc) is 3.04. The fraction of sp³-hybridized carbons (Fsp3) is 0.500. The molecule has 2 bridgehead atoms. The predicted molar refractivity (Wildman–Crippen MR) is 73.7 cm³/mol. The van der Waals surface area contributed by atoms with E-state index in [4.69, 9.17) is 5.26 Å². The maximum Gasteiger partial charge on any atom is 0.308 e. The van der Waals surface area contributed by atoms with Gasteiger partial charge in [0.2, 0.25) is 0 Å². The topological polar surface area (TPSA) is 73.1 Å². The molecule has 2 aliphatic carbocycles. The van der Waals surface area contributed by atoms with E-state index >= 15 is 0 Å². The molecule has 0 aromatic heterocycles. The Bertz CT molecular complexity index is 611. The first kappa shape index (κ1) is 14.0. The molecule has 0 spiro atoms. The van der Waals surface area contributed by atoms with Crippen LogP contribution in [0.25, 0.3) is 0 Å². The lowest BCUT2D eigenvalue weighted by Gasteiger charge is -2.29. The minimum absolute atomic E-state index is 0.0462. The first-order valence-electron chi connectivity index (χ1n) is 7.24. The third-order valence-corrected chi connectivity index (χ3v) is 4.83. The first-order chi connectivity index (χ1) is 10.1. The highest BCUT2D eigenvalue weighted by Gasteiger charge is 2.50. The van der Waals surface area contributed by atoms with Crippen LogP contribution in [0.4, 0.5) is 4.39 Å². The van der Waals surface area contributed by atoms with Gasteiger partial charge >= 0.3 is 5.97 Å².